The zero-order chi connectivity index (χ0) is 22.5. The Balaban J connectivity index is 2.22. The van der Waals surface area contributed by atoms with E-state index in [-0.39, 0.29) is 12.7 Å². The molecule has 0 atom stereocenters. The van der Waals surface area contributed by atoms with Gasteiger partial charge in [0.05, 0.1) is 8.95 Å². The summed E-state index contributed by atoms with van der Waals surface area (Å²) in [4.78, 5) is 12.0. The molecule has 30 heavy (non-hydrogen) atoms. The minimum absolute atomic E-state index is 0.184. The summed E-state index contributed by atoms with van der Waals surface area (Å²) in [5.41, 5.74) is 1.01. The van der Waals surface area contributed by atoms with Gasteiger partial charge in [-0.05, 0) is 88.9 Å². The molecule has 0 radical (unpaired) electrons. The Morgan fingerprint density at radius 3 is 2.27 bits per heavy atom. The minimum Gasteiger partial charge on any atom is -0.467 e. The lowest BCUT2D eigenvalue weighted by molar-refractivity contribution is 0.0502. The van der Waals surface area contributed by atoms with Crippen LogP contribution in [0.2, 0.25) is 0 Å². The molecule has 0 fully saturated rings. The van der Waals surface area contributed by atoms with Crippen LogP contribution in [-0.4, -0.2) is 25.6 Å². The van der Waals surface area contributed by atoms with Gasteiger partial charge in [0.25, 0.3) is 0 Å². The summed E-state index contributed by atoms with van der Waals surface area (Å²) in [7, 11) is 1.59. The first-order valence-electron chi connectivity index (χ1n) is 9.42. The van der Waals surface area contributed by atoms with Gasteiger partial charge in [0.1, 0.15) is 17.1 Å². The largest absolute Gasteiger partial charge is 0.467 e. The summed E-state index contributed by atoms with van der Waals surface area (Å²) in [5.74, 6) is 2.25. The lowest BCUT2D eigenvalue weighted by Crippen LogP contribution is -2.27. The number of rotatable bonds is 7. The van der Waals surface area contributed by atoms with Gasteiger partial charge in [-0.25, -0.2) is 4.79 Å². The van der Waals surface area contributed by atoms with Crippen molar-refractivity contribution in [1.29, 1.82) is 0 Å². The molecule has 1 amide bonds. The average Bonchev–Trinajstić information content (AvgIpc) is 2.61. The van der Waals surface area contributed by atoms with Crippen LogP contribution in [0.4, 0.5) is 10.5 Å². The molecule has 164 valence electrons. The van der Waals surface area contributed by atoms with Crippen LogP contribution in [0.1, 0.15) is 46.1 Å². The molecule has 0 aromatic heterocycles. The fourth-order valence-corrected chi connectivity index (χ4v) is 3.91. The molecule has 0 saturated heterocycles. The van der Waals surface area contributed by atoms with Crippen molar-refractivity contribution in [3.63, 3.8) is 0 Å². The number of amides is 1. The Labute approximate surface area is 194 Å². The number of nitrogens with one attached hydrogen (secondary N) is 1. The average molecular weight is 545 g/mol. The first kappa shape index (κ1) is 24.5. The summed E-state index contributed by atoms with van der Waals surface area (Å²) < 4.78 is 23.4. The van der Waals surface area contributed by atoms with E-state index in [0.29, 0.717) is 26.1 Å². The maximum absolute atomic E-state index is 12.0. The molecular weight excluding hydrogens is 518 g/mol. The van der Waals surface area contributed by atoms with Crippen LogP contribution in [0.15, 0.2) is 39.3 Å². The Kier molecular flexibility index (Phi) is 8.58. The predicted molar refractivity (Wildman–Crippen MR) is 125 cm³/mol. The number of carbonyl (C=O) groups is 1. The number of carbonyl (C=O) groups excluding carboxylic acids is 1. The van der Waals surface area contributed by atoms with E-state index in [0.717, 1.165) is 11.3 Å². The van der Waals surface area contributed by atoms with Gasteiger partial charge in [-0.2, -0.15) is 0 Å². The lowest BCUT2D eigenvalue weighted by Gasteiger charge is -2.20. The standard InChI is InChI=1S/C22H27Br2NO5/c1-13(2)16-11-15(7-8-19(16)28-12-27-6)29-20-17(23)9-14(10-18(20)24)25-21(26)30-22(3,4)5/h7-11,13H,12H2,1-6H3,(H,25,26). The van der Waals surface area contributed by atoms with Crippen molar-refractivity contribution in [2.24, 2.45) is 0 Å². The van der Waals surface area contributed by atoms with Crippen LogP contribution >= 0.6 is 31.9 Å². The van der Waals surface area contributed by atoms with E-state index in [2.05, 4.69) is 51.0 Å². The number of anilines is 1. The molecule has 0 saturated carbocycles. The lowest BCUT2D eigenvalue weighted by atomic mass is 10.0. The molecule has 0 heterocycles. The van der Waals surface area contributed by atoms with Crippen molar-refractivity contribution in [3.8, 4) is 17.2 Å². The van der Waals surface area contributed by atoms with Crippen molar-refractivity contribution in [2.45, 2.75) is 46.1 Å². The molecular formula is C22H27Br2NO5. The van der Waals surface area contributed by atoms with Crippen LogP contribution in [0.3, 0.4) is 0 Å². The van der Waals surface area contributed by atoms with E-state index in [1.165, 1.54) is 0 Å². The number of ether oxygens (including phenoxy) is 4. The fourth-order valence-electron chi connectivity index (χ4n) is 2.56. The van der Waals surface area contributed by atoms with E-state index >= 15 is 0 Å². The van der Waals surface area contributed by atoms with Crippen LogP contribution in [0.25, 0.3) is 0 Å². The van der Waals surface area contributed by atoms with E-state index in [1.54, 1.807) is 19.2 Å². The highest BCUT2D eigenvalue weighted by atomic mass is 79.9. The normalized spacial score (nSPS) is 11.4. The van der Waals surface area contributed by atoms with Crippen LogP contribution in [0.5, 0.6) is 17.2 Å². The van der Waals surface area contributed by atoms with Crippen LogP contribution < -0.4 is 14.8 Å². The van der Waals surface area contributed by atoms with Gasteiger partial charge in [0, 0.05) is 18.4 Å². The fraction of sp³-hybridized carbons (Fsp3) is 0.409. The summed E-state index contributed by atoms with van der Waals surface area (Å²) in [6.45, 7) is 9.79. The number of methoxy groups -OCH3 is 1. The highest BCUT2D eigenvalue weighted by Gasteiger charge is 2.18. The predicted octanol–water partition coefficient (Wildman–Crippen LogP) is 7.46. The molecule has 0 unspecified atom stereocenters. The summed E-state index contributed by atoms with van der Waals surface area (Å²) in [6, 6.07) is 9.15. The summed E-state index contributed by atoms with van der Waals surface area (Å²) in [6.07, 6.45) is -0.525. The van der Waals surface area contributed by atoms with Gasteiger partial charge in [-0.15, -0.1) is 0 Å². The third-order valence-corrected chi connectivity index (χ3v) is 4.98. The molecule has 0 aliphatic rings. The molecule has 0 aliphatic carbocycles. The van der Waals surface area contributed by atoms with Gasteiger partial charge in [0.15, 0.2) is 12.5 Å². The minimum atomic E-state index is -0.575. The van der Waals surface area contributed by atoms with Crippen molar-refractivity contribution >= 4 is 43.6 Å². The Bertz CT molecular complexity index is 871. The SMILES string of the molecule is COCOc1ccc(Oc2c(Br)cc(NC(=O)OC(C)(C)C)cc2Br)cc1C(C)C. The maximum atomic E-state index is 12.0. The second-order valence-electron chi connectivity index (χ2n) is 7.90. The maximum Gasteiger partial charge on any atom is 0.412 e. The highest BCUT2D eigenvalue weighted by molar-refractivity contribution is 9.11. The molecule has 0 bridgehead atoms. The van der Waals surface area contributed by atoms with E-state index in [1.807, 2.05) is 39.0 Å². The van der Waals surface area contributed by atoms with Crippen molar-refractivity contribution < 1.29 is 23.7 Å². The smallest absolute Gasteiger partial charge is 0.412 e. The molecule has 2 aromatic carbocycles. The van der Waals surface area contributed by atoms with Crippen LogP contribution in [-0.2, 0) is 9.47 Å². The van der Waals surface area contributed by atoms with Gasteiger partial charge >= 0.3 is 6.09 Å². The van der Waals surface area contributed by atoms with E-state index < -0.39 is 11.7 Å². The highest BCUT2D eigenvalue weighted by Crippen LogP contribution is 2.40. The number of hydrogen-bond acceptors (Lipinski definition) is 5. The molecule has 0 spiro atoms. The monoisotopic (exact) mass is 543 g/mol. The van der Waals surface area contributed by atoms with Crippen molar-refractivity contribution in [2.75, 3.05) is 19.2 Å². The molecule has 2 aromatic rings. The number of hydrogen-bond donors (Lipinski definition) is 1. The second kappa shape index (κ2) is 10.5. The van der Waals surface area contributed by atoms with E-state index in [9.17, 15) is 4.79 Å². The quantitative estimate of drug-likeness (QED) is 0.366. The van der Waals surface area contributed by atoms with E-state index in [4.69, 9.17) is 18.9 Å². The van der Waals surface area contributed by atoms with Gasteiger partial charge in [0.2, 0.25) is 0 Å². The first-order valence-corrected chi connectivity index (χ1v) is 11.0. The topological polar surface area (TPSA) is 66.0 Å². The zero-order valence-corrected chi connectivity index (χ0v) is 21.1. The van der Waals surface area contributed by atoms with Crippen molar-refractivity contribution in [3.05, 3.63) is 44.8 Å². The third kappa shape index (κ3) is 7.18. The Morgan fingerprint density at radius 2 is 1.73 bits per heavy atom. The Hall–Kier alpha value is -1.77. The van der Waals surface area contributed by atoms with Gasteiger partial charge < -0.3 is 18.9 Å². The molecule has 6 nitrogen and oxygen atoms in total. The first-order chi connectivity index (χ1) is 14.0. The third-order valence-electron chi connectivity index (χ3n) is 3.80. The number of benzene rings is 2. The summed E-state index contributed by atoms with van der Waals surface area (Å²) in [5, 5.41) is 2.72. The molecule has 0 aliphatic heterocycles. The second-order valence-corrected chi connectivity index (χ2v) is 9.61. The zero-order valence-electron chi connectivity index (χ0n) is 18.0. The molecule has 2 rings (SSSR count). The molecule has 1 N–H and O–H groups in total. The Morgan fingerprint density at radius 1 is 1.10 bits per heavy atom. The van der Waals surface area contributed by atoms with Crippen LogP contribution in [0, 0.1) is 0 Å². The summed E-state index contributed by atoms with van der Waals surface area (Å²) >= 11 is 7.03. The number of halogens is 2. The van der Waals surface area contributed by atoms with Crippen molar-refractivity contribution in [1.82, 2.24) is 0 Å². The molecule has 8 heteroatoms. The van der Waals surface area contributed by atoms with Gasteiger partial charge in [-0.3, -0.25) is 5.32 Å². The van der Waals surface area contributed by atoms with Gasteiger partial charge in [-0.1, -0.05) is 13.8 Å².